The summed E-state index contributed by atoms with van der Waals surface area (Å²) in [4.78, 5) is 0. The lowest BCUT2D eigenvalue weighted by molar-refractivity contribution is 0.296. The highest BCUT2D eigenvalue weighted by Gasteiger charge is 2.11. The molecule has 0 aliphatic carbocycles. The second kappa shape index (κ2) is 12.1. The highest BCUT2D eigenvalue weighted by molar-refractivity contribution is 4.72. The van der Waals surface area contributed by atoms with Gasteiger partial charge in [-0.25, -0.2) is 21.7 Å². The topological polar surface area (TPSA) is 120 Å². The third kappa shape index (κ3) is 8.90. The Hall–Kier alpha value is -0.400. The third-order valence-electron chi connectivity index (χ3n) is 3.67. The van der Waals surface area contributed by atoms with E-state index in [0.717, 1.165) is 0 Å². The summed E-state index contributed by atoms with van der Waals surface area (Å²) in [5.41, 5.74) is 25.6. The van der Waals surface area contributed by atoms with Gasteiger partial charge in [0.15, 0.2) is 0 Å². The summed E-state index contributed by atoms with van der Waals surface area (Å²) in [6.45, 7) is 11.2. The minimum Gasteiger partial charge on any atom is -0.290 e. The van der Waals surface area contributed by atoms with Crippen molar-refractivity contribution >= 4 is 0 Å². The molecule has 4 atom stereocenters. The summed E-state index contributed by atoms with van der Waals surface area (Å²) in [6, 6.07) is 1.11. The van der Waals surface area contributed by atoms with Gasteiger partial charge in [-0.05, 0) is 27.7 Å². The molecule has 1 fully saturated rings. The molecule has 1 saturated heterocycles. The molecule has 132 valence electrons. The van der Waals surface area contributed by atoms with Crippen LogP contribution >= 0.6 is 0 Å². The fourth-order valence-electron chi connectivity index (χ4n) is 1.72. The van der Waals surface area contributed by atoms with Crippen molar-refractivity contribution in [3.8, 4) is 0 Å². The Balaban J connectivity index is 2.31. The first-order chi connectivity index (χ1) is 10.6. The van der Waals surface area contributed by atoms with Gasteiger partial charge in [0.2, 0.25) is 0 Å². The molecule has 1 aliphatic rings. The van der Waals surface area contributed by atoms with Gasteiger partial charge in [0.1, 0.15) is 0 Å². The minimum atomic E-state index is 0.278. The van der Waals surface area contributed by atoms with Crippen molar-refractivity contribution in [2.45, 2.75) is 51.9 Å². The molecule has 1 rings (SSSR count). The van der Waals surface area contributed by atoms with Crippen LogP contribution in [0.1, 0.15) is 27.7 Å². The van der Waals surface area contributed by atoms with Crippen molar-refractivity contribution in [2.75, 3.05) is 26.7 Å². The normalized spacial score (nSPS) is 35.5. The molecule has 0 aromatic carbocycles. The van der Waals surface area contributed by atoms with Gasteiger partial charge in [0, 0.05) is 24.2 Å². The van der Waals surface area contributed by atoms with E-state index in [4.69, 9.17) is 0 Å². The Labute approximate surface area is 133 Å². The van der Waals surface area contributed by atoms with Gasteiger partial charge in [0.25, 0.3) is 0 Å². The van der Waals surface area contributed by atoms with Crippen LogP contribution in [0.25, 0.3) is 0 Å². The van der Waals surface area contributed by atoms with Gasteiger partial charge < -0.3 is 0 Å². The third-order valence-corrected chi connectivity index (χ3v) is 3.67. The number of rotatable bonds is 0. The molecule has 0 aromatic rings. The van der Waals surface area contributed by atoms with Gasteiger partial charge in [-0.2, -0.15) is 0 Å². The zero-order valence-electron chi connectivity index (χ0n) is 14.1. The highest BCUT2D eigenvalue weighted by Crippen LogP contribution is 1.88. The van der Waals surface area contributed by atoms with Crippen molar-refractivity contribution in [1.82, 2.24) is 54.0 Å². The van der Waals surface area contributed by atoms with Gasteiger partial charge in [0.05, 0.1) is 26.7 Å². The van der Waals surface area contributed by atoms with Crippen LogP contribution in [0.2, 0.25) is 0 Å². The number of hydrazine groups is 4. The van der Waals surface area contributed by atoms with Gasteiger partial charge in [-0.3, -0.25) is 32.3 Å². The van der Waals surface area contributed by atoms with Crippen molar-refractivity contribution in [2.24, 2.45) is 0 Å². The van der Waals surface area contributed by atoms with E-state index in [1.807, 2.05) is 0 Å². The van der Waals surface area contributed by atoms with Gasteiger partial charge in [-0.15, -0.1) is 0 Å². The van der Waals surface area contributed by atoms with Crippen LogP contribution < -0.4 is 54.0 Å². The first-order valence-electron chi connectivity index (χ1n) is 7.96. The second-order valence-electron chi connectivity index (χ2n) is 5.65. The lowest BCUT2D eigenvalue weighted by Gasteiger charge is -2.25. The van der Waals surface area contributed by atoms with E-state index >= 15 is 0 Å². The Kier molecular flexibility index (Phi) is 10.8. The van der Waals surface area contributed by atoms with Crippen molar-refractivity contribution in [3.05, 3.63) is 0 Å². The van der Waals surface area contributed by atoms with E-state index in [2.05, 4.69) is 81.7 Å². The number of hydrogen-bond acceptors (Lipinski definition) is 10. The zero-order valence-corrected chi connectivity index (χ0v) is 14.1. The lowest BCUT2D eigenvalue weighted by atomic mass is 10.2. The predicted octanol–water partition coefficient (Wildman–Crippen LogP) is -3.06. The lowest BCUT2D eigenvalue weighted by Crippen LogP contribution is -2.59. The van der Waals surface area contributed by atoms with Crippen LogP contribution in [0.3, 0.4) is 0 Å². The smallest absolute Gasteiger partial charge is 0.0600 e. The molecular formula is C12H34N10. The SMILES string of the molecule is CC1NNCNCNNC(C)C(C)NNCNCNNC1C. The molecule has 4 unspecified atom stereocenters. The van der Waals surface area contributed by atoms with Crippen molar-refractivity contribution < 1.29 is 0 Å². The molecule has 0 amide bonds. The van der Waals surface area contributed by atoms with E-state index in [1.54, 1.807) is 0 Å². The average Bonchev–Trinajstić information content (AvgIpc) is 2.51. The molecule has 0 saturated carbocycles. The van der Waals surface area contributed by atoms with Crippen molar-refractivity contribution in [1.29, 1.82) is 0 Å². The molecule has 0 aromatic heterocycles. The first-order valence-corrected chi connectivity index (χ1v) is 7.96. The largest absolute Gasteiger partial charge is 0.290 e. The standard InChI is InChI=1S/C12H34N10/c1-9-10(2)20-16-6-14-8-18-22-12(4)11(3)21-17-7-13-5-15-19-9/h9-22H,5-8H2,1-4H3. The molecule has 0 spiro atoms. The molecule has 0 bridgehead atoms. The van der Waals surface area contributed by atoms with E-state index in [1.165, 1.54) is 0 Å². The molecule has 22 heavy (non-hydrogen) atoms. The van der Waals surface area contributed by atoms with E-state index in [-0.39, 0.29) is 24.2 Å². The highest BCUT2D eigenvalue weighted by atomic mass is 15.5. The van der Waals surface area contributed by atoms with Crippen LogP contribution in [-0.4, -0.2) is 50.8 Å². The van der Waals surface area contributed by atoms with Crippen LogP contribution in [0.15, 0.2) is 0 Å². The average molecular weight is 318 g/mol. The maximum Gasteiger partial charge on any atom is 0.0600 e. The first kappa shape index (κ1) is 19.6. The van der Waals surface area contributed by atoms with Crippen LogP contribution in [0, 0.1) is 0 Å². The van der Waals surface area contributed by atoms with Gasteiger partial charge >= 0.3 is 0 Å². The summed E-state index contributed by atoms with van der Waals surface area (Å²) in [6.07, 6.45) is 0. The minimum absolute atomic E-state index is 0.278. The second-order valence-corrected chi connectivity index (χ2v) is 5.65. The molecule has 0 radical (unpaired) electrons. The summed E-state index contributed by atoms with van der Waals surface area (Å²) in [5.74, 6) is 0. The maximum atomic E-state index is 3.25. The van der Waals surface area contributed by atoms with Gasteiger partial charge in [-0.1, -0.05) is 0 Å². The molecule has 1 heterocycles. The fourth-order valence-corrected chi connectivity index (χ4v) is 1.72. The Morgan fingerprint density at radius 1 is 0.455 bits per heavy atom. The van der Waals surface area contributed by atoms with Crippen LogP contribution in [-0.2, 0) is 0 Å². The van der Waals surface area contributed by atoms with Crippen LogP contribution in [0.4, 0.5) is 0 Å². The summed E-state index contributed by atoms with van der Waals surface area (Å²) in [7, 11) is 0. The Morgan fingerprint density at radius 3 is 0.909 bits per heavy atom. The maximum absolute atomic E-state index is 3.25. The molecule has 10 nitrogen and oxygen atoms in total. The number of nitrogens with one attached hydrogen (secondary N) is 10. The quantitative estimate of drug-likeness (QED) is 0.225. The summed E-state index contributed by atoms with van der Waals surface area (Å²) >= 11 is 0. The summed E-state index contributed by atoms with van der Waals surface area (Å²) < 4.78 is 0. The molecule has 1 aliphatic heterocycles. The van der Waals surface area contributed by atoms with Crippen LogP contribution in [0.5, 0.6) is 0 Å². The number of hydrogen-bond donors (Lipinski definition) is 10. The predicted molar refractivity (Wildman–Crippen MR) is 88.7 cm³/mol. The van der Waals surface area contributed by atoms with E-state index < -0.39 is 0 Å². The Bertz CT molecular complexity index is 216. The molecule has 10 N–H and O–H groups in total. The van der Waals surface area contributed by atoms with E-state index in [0.29, 0.717) is 26.7 Å². The fraction of sp³-hybridized carbons (Fsp3) is 1.00. The monoisotopic (exact) mass is 318 g/mol. The molecule has 10 heteroatoms. The Morgan fingerprint density at radius 2 is 0.682 bits per heavy atom. The summed E-state index contributed by atoms with van der Waals surface area (Å²) in [5, 5.41) is 6.46. The zero-order chi connectivity index (χ0) is 16.2. The molecular weight excluding hydrogens is 284 g/mol. The van der Waals surface area contributed by atoms with Crippen molar-refractivity contribution in [3.63, 3.8) is 0 Å². The van der Waals surface area contributed by atoms with E-state index in [9.17, 15) is 0 Å².